The van der Waals surface area contributed by atoms with Crippen LogP contribution in [0, 0.1) is 0 Å². The molecule has 212 valence electrons. The van der Waals surface area contributed by atoms with Gasteiger partial charge in [0.05, 0.1) is 11.4 Å². The van der Waals surface area contributed by atoms with Crippen LogP contribution in [0.25, 0.3) is 0 Å². The highest BCUT2D eigenvalue weighted by Crippen LogP contribution is 2.35. The van der Waals surface area contributed by atoms with E-state index in [1.807, 2.05) is 13.0 Å². The molecule has 0 unspecified atom stereocenters. The average molecular weight is 578 g/mol. The van der Waals surface area contributed by atoms with E-state index in [0.29, 0.717) is 41.7 Å². The van der Waals surface area contributed by atoms with Gasteiger partial charge >= 0.3 is 0 Å². The van der Waals surface area contributed by atoms with Crippen LogP contribution in [0.15, 0.2) is 42.5 Å². The van der Waals surface area contributed by atoms with Gasteiger partial charge in [0.1, 0.15) is 25.8 Å². The number of anilines is 1. The van der Waals surface area contributed by atoms with Crippen LogP contribution in [0.1, 0.15) is 51.5 Å². The molecule has 4 rings (SSSR count). The molecule has 0 bridgehead atoms. The predicted molar refractivity (Wildman–Crippen MR) is 151 cm³/mol. The van der Waals surface area contributed by atoms with E-state index >= 15 is 0 Å². The Morgan fingerprint density at radius 1 is 1.05 bits per heavy atom. The Morgan fingerprint density at radius 2 is 1.74 bits per heavy atom. The number of fused-ring (bicyclic) bond motifs is 1. The Hall–Kier alpha value is -2.98. The largest absolute Gasteiger partial charge is 0.486 e. The molecule has 2 aromatic rings. The lowest BCUT2D eigenvalue weighted by Gasteiger charge is -2.34. The predicted octanol–water partition coefficient (Wildman–Crippen LogP) is 4.13. The van der Waals surface area contributed by atoms with Crippen LogP contribution >= 0.6 is 11.6 Å². The monoisotopic (exact) mass is 577 g/mol. The fourth-order valence-corrected chi connectivity index (χ4v) is 6.25. The first-order valence-electron chi connectivity index (χ1n) is 13.5. The molecule has 1 aliphatic heterocycles. The molecular weight excluding hydrogens is 542 g/mol. The minimum atomic E-state index is -3.86. The van der Waals surface area contributed by atoms with Gasteiger partial charge in [0.2, 0.25) is 21.8 Å². The molecule has 0 saturated heterocycles. The zero-order valence-corrected chi connectivity index (χ0v) is 24.0. The van der Waals surface area contributed by atoms with Crippen LogP contribution in [0.3, 0.4) is 0 Å². The molecule has 0 radical (unpaired) electrons. The van der Waals surface area contributed by atoms with Crippen molar-refractivity contribution in [3.8, 4) is 11.5 Å². The van der Waals surface area contributed by atoms with Crippen LogP contribution in [-0.2, 0) is 26.2 Å². The average Bonchev–Trinajstić information content (AvgIpc) is 3.45. The van der Waals surface area contributed by atoms with Crippen molar-refractivity contribution in [1.29, 1.82) is 0 Å². The molecule has 39 heavy (non-hydrogen) atoms. The van der Waals surface area contributed by atoms with E-state index in [0.717, 1.165) is 30.0 Å². The highest BCUT2D eigenvalue weighted by Gasteiger charge is 2.34. The van der Waals surface area contributed by atoms with Crippen molar-refractivity contribution < 1.29 is 27.5 Å². The van der Waals surface area contributed by atoms with Gasteiger partial charge in [-0.3, -0.25) is 13.9 Å². The van der Waals surface area contributed by atoms with Gasteiger partial charge in [-0.15, -0.1) is 0 Å². The molecule has 9 nitrogen and oxygen atoms in total. The van der Waals surface area contributed by atoms with E-state index < -0.39 is 28.5 Å². The fourth-order valence-electron chi connectivity index (χ4n) is 5.00. The fraction of sp³-hybridized carbons (Fsp3) is 0.500. The van der Waals surface area contributed by atoms with E-state index in [2.05, 4.69) is 5.32 Å². The SMILES string of the molecule is CC[C@@H](C(=O)NC1CCCC1)N(Cc1ccccc1Cl)C(=O)CN(c1ccc2c(c1)OCCO2)S(=O)(=O)CC. The number of halogens is 1. The van der Waals surface area contributed by atoms with E-state index in [9.17, 15) is 18.0 Å². The number of nitrogens with zero attached hydrogens (tertiary/aromatic N) is 2. The van der Waals surface area contributed by atoms with Gasteiger partial charge in [0.25, 0.3) is 0 Å². The second-order valence-corrected chi connectivity index (χ2v) is 12.4. The van der Waals surface area contributed by atoms with E-state index in [-0.39, 0.29) is 29.9 Å². The second-order valence-electron chi connectivity index (χ2n) is 9.76. The smallest absolute Gasteiger partial charge is 0.244 e. The number of sulfonamides is 1. The number of hydrogen-bond acceptors (Lipinski definition) is 6. The zero-order chi connectivity index (χ0) is 28.0. The lowest BCUT2D eigenvalue weighted by molar-refractivity contribution is -0.140. The number of ether oxygens (including phenoxy) is 2. The molecule has 0 spiro atoms. The Balaban J connectivity index is 1.66. The van der Waals surface area contributed by atoms with Crippen molar-refractivity contribution >= 4 is 39.1 Å². The number of amides is 2. The third-order valence-electron chi connectivity index (χ3n) is 7.18. The van der Waals surface area contributed by atoms with Gasteiger partial charge in [-0.25, -0.2) is 8.42 Å². The topological polar surface area (TPSA) is 105 Å². The van der Waals surface area contributed by atoms with Gasteiger partial charge in [0, 0.05) is 23.7 Å². The first-order chi connectivity index (χ1) is 18.7. The highest BCUT2D eigenvalue weighted by atomic mass is 35.5. The van der Waals surface area contributed by atoms with Crippen molar-refractivity contribution in [2.75, 3.05) is 29.8 Å². The molecule has 1 N–H and O–H groups in total. The van der Waals surface area contributed by atoms with E-state index in [1.54, 1.807) is 36.4 Å². The molecule has 1 saturated carbocycles. The van der Waals surface area contributed by atoms with Gasteiger partial charge < -0.3 is 19.7 Å². The first kappa shape index (κ1) is 29.0. The normalized spacial score (nSPS) is 16.0. The number of benzene rings is 2. The van der Waals surface area contributed by atoms with Gasteiger partial charge in [0.15, 0.2) is 11.5 Å². The van der Waals surface area contributed by atoms with Gasteiger partial charge in [-0.05, 0) is 49.9 Å². The van der Waals surface area contributed by atoms with Gasteiger partial charge in [-0.2, -0.15) is 0 Å². The zero-order valence-electron chi connectivity index (χ0n) is 22.4. The summed E-state index contributed by atoms with van der Waals surface area (Å²) >= 11 is 6.43. The molecule has 11 heteroatoms. The number of hydrogen-bond donors (Lipinski definition) is 1. The Morgan fingerprint density at radius 3 is 2.41 bits per heavy atom. The maximum absolute atomic E-state index is 14.0. The molecule has 1 fully saturated rings. The summed E-state index contributed by atoms with van der Waals surface area (Å²) in [6.07, 6.45) is 4.30. The molecule has 2 aromatic carbocycles. The quantitative estimate of drug-likeness (QED) is 0.430. The number of rotatable bonds is 11. The van der Waals surface area contributed by atoms with Crippen molar-refractivity contribution in [3.63, 3.8) is 0 Å². The van der Waals surface area contributed by atoms with Crippen LogP contribution in [0.4, 0.5) is 5.69 Å². The number of carbonyl (C=O) groups is 2. The Bertz CT molecular complexity index is 1280. The third kappa shape index (κ3) is 6.97. The molecule has 1 aliphatic carbocycles. The van der Waals surface area contributed by atoms with Crippen LogP contribution in [-0.4, -0.2) is 62.7 Å². The maximum atomic E-state index is 14.0. The maximum Gasteiger partial charge on any atom is 0.244 e. The summed E-state index contributed by atoms with van der Waals surface area (Å²) in [7, 11) is -3.86. The lowest BCUT2D eigenvalue weighted by atomic mass is 10.1. The molecule has 1 heterocycles. The Kier molecular flexibility index (Phi) is 9.61. The number of nitrogens with one attached hydrogen (secondary N) is 1. The van der Waals surface area contributed by atoms with E-state index in [1.165, 1.54) is 11.8 Å². The van der Waals surface area contributed by atoms with E-state index in [4.69, 9.17) is 21.1 Å². The minimum Gasteiger partial charge on any atom is -0.486 e. The molecule has 0 aromatic heterocycles. The summed E-state index contributed by atoms with van der Waals surface area (Å²) in [5, 5.41) is 3.56. The van der Waals surface area contributed by atoms with Crippen molar-refractivity contribution in [2.45, 2.75) is 64.6 Å². The van der Waals surface area contributed by atoms with Crippen molar-refractivity contribution in [1.82, 2.24) is 10.2 Å². The summed E-state index contributed by atoms with van der Waals surface area (Å²) < 4.78 is 38.7. The van der Waals surface area contributed by atoms with Crippen molar-refractivity contribution in [2.24, 2.45) is 0 Å². The van der Waals surface area contributed by atoms with Crippen LogP contribution in [0.5, 0.6) is 11.5 Å². The summed E-state index contributed by atoms with van der Waals surface area (Å²) in [4.78, 5) is 28.8. The number of carbonyl (C=O) groups excluding carboxylic acids is 2. The minimum absolute atomic E-state index is 0.0657. The molecule has 2 amide bonds. The van der Waals surface area contributed by atoms with Gasteiger partial charge in [-0.1, -0.05) is 49.6 Å². The second kappa shape index (κ2) is 12.9. The summed E-state index contributed by atoms with van der Waals surface area (Å²) in [6, 6.07) is 11.2. The molecule has 2 aliphatic rings. The molecular formula is C28H36ClN3O6S. The summed E-state index contributed by atoms with van der Waals surface area (Å²) in [5.41, 5.74) is 0.958. The van der Waals surface area contributed by atoms with Crippen molar-refractivity contribution in [3.05, 3.63) is 53.1 Å². The molecule has 1 atom stereocenters. The summed E-state index contributed by atoms with van der Waals surface area (Å²) in [5.74, 6) is -0.0271. The first-order valence-corrected chi connectivity index (χ1v) is 15.5. The van der Waals surface area contributed by atoms with Crippen LogP contribution < -0.4 is 19.1 Å². The van der Waals surface area contributed by atoms with Crippen LogP contribution in [0.2, 0.25) is 5.02 Å². The Labute approximate surface area is 235 Å². The highest BCUT2D eigenvalue weighted by molar-refractivity contribution is 7.92. The lowest BCUT2D eigenvalue weighted by Crippen LogP contribution is -2.53. The summed E-state index contributed by atoms with van der Waals surface area (Å²) in [6.45, 7) is 3.70. The third-order valence-corrected chi connectivity index (χ3v) is 9.29. The standard InChI is InChI=1S/C28H36ClN3O6S/c1-3-24(28(34)30-21-10-6-7-11-21)31(18-20-9-5-8-12-23(20)29)27(33)19-32(39(35,36)4-2)22-13-14-25-26(17-22)38-16-15-37-25/h5,8-9,12-14,17,21,24H,3-4,6-7,10-11,15-16,18-19H2,1-2H3,(H,30,34)/t24-/m0/s1.